The molecule has 0 aromatic rings. The molecule has 1 saturated heterocycles. The fourth-order valence-corrected chi connectivity index (χ4v) is 2.62. The summed E-state index contributed by atoms with van der Waals surface area (Å²) in [6, 6.07) is 0. The van der Waals surface area contributed by atoms with E-state index in [4.69, 9.17) is 5.73 Å². The predicted molar refractivity (Wildman–Crippen MR) is 73.1 cm³/mol. The first kappa shape index (κ1) is 15.4. The molecule has 1 atom stereocenters. The van der Waals surface area contributed by atoms with Crippen molar-refractivity contribution in [2.45, 2.75) is 52.6 Å². The summed E-state index contributed by atoms with van der Waals surface area (Å²) in [6.45, 7) is 9.99. The van der Waals surface area contributed by atoms with Crippen molar-refractivity contribution in [2.75, 3.05) is 19.6 Å². The number of aliphatic hydroxyl groups is 1. The molecule has 4 nitrogen and oxygen atoms in total. The molecule has 0 radical (unpaired) electrons. The Kier molecular flexibility index (Phi) is 4.78. The Balaban J connectivity index is 2.37. The molecule has 1 heterocycles. The van der Waals surface area contributed by atoms with Crippen molar-refractivity contribution in [3.05, 3.63) is 0 Å². The number of amides is 1. The summed E-state index contributed by atoms with van der Waals surface area (Å²) in [5, 5.41) is 9.61. The predicted octanol–water partition coefficient (Wildman–Crippen LogP) is 1.37. The average molecular weight is 256 g/mol. The molecular weight excluding hydrogens is 228 g/mol. The molecule has 1 amide bonds. The highest BCUT2D eigenvalue weighted by atomic mass is 16.3. The zero-order valence-electron chi connectivity index (χ0n) is 12.2. The minimum absolute atomic E-state index is 0.160. The second kappa shape index (κ2) is 5.57. The first-order valence-electron chi connectivity index (χ1n) is 6.86. The van der Waals surface area contributed by atoms with Gasteiger partial charge in [-0.05, 0) is 37.6 Å². The van der Waals surface area contributed by atoms with Crippen molar-refractivity contribution in [2.24, 2.45) is 17.1 Å². The summed E-state index contributed by atoms with van der Waals surface area (Å²) in [6.07, 6.45) is 2.42. The van der Waals surface area contributed by atoms with Crippen LogP contribution in [0.1, 0.15) is 47.0 Å². The van der Waals surface area contributed by atoms with E-state index >= 15 is 0 Å². The van der Waals surface area contributed by atoms with Gasteiger partial charge < -0.3 is 15.7 Å². The summed E-state index contributed by atoms with van der Waals surface area (Å²) in [5.74, 6) is 0.640. The lowest BCUT2D eigenvalue weighted by Crippen LogP contribution is -2.61. The van der Waals surface area contributed by atoms with Crippen molar-refractivity contribution >= 4 is 5.91 Å². The average Bonchev–Trinajstić information content (AvgIpc) is 2.18. The van der Waals surface area contributed by atoms with Crippen LogP contribution in [0.5, 0.6) is 0 Å². The molecular formula is C14H28N2O2. The van der Waals surface area contributed by atoms with Crippen LogP contribution in [0.25, 0.3) is 0 Å². The minimum Gasteiger partial charge on any atom is -0.386 e. The Morgan fingerprint density at radius 1 is 1.39 bits per heavy atom. The normalized spacial score (nSPS) is 20.4. The van der Waals surface area contributed by atoms with Crippen molar-refractivity contribution in [1.82, 2.24) is 4.90 Å². The fraction of sp³-hybridized carbons (Fsp3) is 0.929. The molecule has 0 aromatic carbocycles. The lowest BCUT2D eigenvalue weighted by atomic mass is 9.76. The van der Waals surface area contributed by atoms with Gasteiger partial charge in [-0.25, -0.2) is 0 Å². The molecule has 4 heteroatoms. The Morgan fingerprint density at radius 3 is 2.33 bits per heavy atom. The summed E-state index contributed by atoms with van der Waals surface area (Å²) in [7, 11) is 0. The maximum Gasteiger partial charge on any atom is 0.222 e. The first-order chi connectivity index (χ1) is 8.15. The van der Waals surface area contributed by atoms with Crippen LogP contribution in [-0.2, 0) is 4.79 Å². The second-order valence-electron chi connectivity index (χ2n) is 6.93. The highest BCUT2D eigenvalue weighted by Gasteiger charge is 2.39. The van der Waals surface area contributed by atoms with Gasteiger partial charge >= 0.3 is 0 Å². The van der Waals surface area contributed by atoms with Crippen LogP contribution in [0.2, 0.25) is 0 Å². The number of nitrogens with two attached hydrogens (primary N) is 1. The van der Waals surface area contributed by atoms with E-state index in [-0.39, 0.29) is 11.3 Å². The molecule has 18 heavy (non-hydrogen) atoms. The number of β-amino-alcohol motifs (C(OH)–C–C–N with tert-alkyl or cyclic N) is 1. The molecule has 0 saturated carbocycles. The minimum atomic E-state index is -0.670. The molecule has 106 valence electrons. The van der Waals surface area contributed by atoms with Crippen LogP contribution < -0.4 is 5.73 Å². The van der Waals surface area contributed by atoms with Crippen LogP contribution in [0, 0.1) is 11.3 Å². The number of carbonyl (C=O) groups is 1. The fourth-order valence-electron chi connectivity index (χ4n) is 2.62. The van der Waals surface area contributed by atoms with Crippen LogP contribution in [-0.4, -0.2) is 41.1 Å². The van der Waals surface area contributed by atoms with Gasteiger partial charge in [0.1, 0.15) is 0 Å². The molecule has 0 bridgehead atoms. The van der Waals surface area contributed by atoms with E-state index in [0.717, 1.165) is 12.8 Å². The Labute approximate surface area is 111 Å². The molecule has 1 aliphatic rings. The Hall–Kier alpha value is -0.610. The summed E-state index contributed by atoms with van der Waals surface area (Å²) >= 11 is 0. The number of nitrogens with zero attached hydrogens (tertiary/aromatic N) is 1. The summed E-state index contributed by atoms with van der Waals surface area (Å²) < 4.78 is 0. The molecule has 1 aliphatic heterocycles. The third-order valence-corrected chi connectivity index (χ3v) is 3.86. The maximum atomic E-state index is 11.9. The SMILES string of the molecule is CC1(O)CN(C(=O)CCC(CCN)C(C)(C)C)C1. The van der Waals surface area contributed by atoms with Crippen LogP contribution in [0.3, 0.4) is 0 Å². The van der Waals surface area contributed by atoms with E-state index in [1.807, 2.05) is 0 Å². The summed E-state index contributed by atoms with van der Waals surface area (Å²) in [4.78, 5) is 13.7. The topological polar surface area (TPSA) is 66.6 Å². The van der Waals surface area contributed by atoms with E-state index in [2.05, 4.69) is 20.8 Å². The number of hydrogen-bond donors (Lipinski definition) is 2. The number of carbonyl (C=O) groups excluding carboxylic acids is 1. The van der Waals surface area contributed by atoms with E-state index in [1.165, 1.54) is 0 Å². The molecule has 1 unspecified atom stereocenters. The Morgan fingerprint density at radius 2 is 1.94 bits per heavy atom. The number of likely N-dealkylation sites (tertiary alicyclic amines) is 1. The zero-order valence-corrected chi connectivity index (χ0v) is 12.2. The van der Waals surface area contributed by atoms with Gasteiger partial charge in [0.25, 0.3) is 0 Å². The van der Waals surface area contributed by atoms with Crippen LogP contribution in [0.15, 0.2) is 0 Å². The van der Waals surface area contributed by atoms with Crippen LogP contribution >= 0.6 is 0 Å². The van der Waals surface area contributed by atoms with Gasteiger partial charge in [0, 0.05) is 6.42 Å². The van der Waals surface area contributed by atoms with Gasteiger partial charge in [0.05, 0.1) is 18.7 Å². The van der Waals surface area contributed by atoms with Gasteiger partial charge in [-0.15, -0.1) is 0 Å². The highest BCUT2D eigenvalue weighted by molar-refractivity contribution is 5.77. The monoisotopic (exact) mass is 256 g/mol. The smallest absolute Gasteiger partial charge is 0.222 e. The van der Waals surface area contributed by atoms with Gasteiger partial charge in [-0.3, -0.25) is 4.79 Å². The molecule has 1 fully saturated rings. The molecule has 0 aromatic heterocycles. The van der Waals surface area contributed by atoms with Crippen molar-refractivity contribution in [1.29, 1.82) is 0 Å². The van der Waals surface area contributed by atoms with Gasteiger partial charge in [-0.1, -0.05) is 20.8 Å². The van der Waals surface area contributed by atoms with E-state index in [0.29, 0.717) is 32.0 Å². The van der Waals surface area contributed by atoms with Crippen LogP contribution in [0.4, 0.5) is 0 Å². The largest absolute Gasteiger partial charge is 0.386 e. The molecule has 0 aliphatic carbocycles. The van der Waals surface area contributed by atoms with Gasteiger partial charge in [0.2, 0.25) is 5.91 Å². The third-order valence-electron chi connectivity index (χ3n) is 3.86. The van der Waals surface area contributed by atoms with Crippen molar-refractivity contribution in [3.63, 3.8) is 0 Å². The lowest BCUT2D eigenvalue weighted by molar-refractivity contribution is -0.152. The van der Waals surface area contributed by atoms with E-state index in [9.17, 15) is 9.90 Å². The lowest BCUT2D eigenvalue weighted by Gasteiger charge is -2.44. The van der Waals surface area contributed by atoms with E-state index in [1.54, 1.807) is 11.8 Å². The molecule has 0 spiro atoms. The number of rotatable bonds is 5. The van der Waals surface area contributed by atoms with Gasteiger partial charge in [-0.2, -0.15) is 0 Å². The first-order valence-corrected chi connectivity index (χ1v) is 6.86. The highest BCUT2D eigenvalue weighted by Crippen LogP contribution is 2.32. The van der Waals surface area contributed by atoms with Crippen molar-refractivity contribution < 1.29 is 9.90 Å². The second-order valence-corrected chi connectivity index (χ2v) is 6.93. The Bertz CT molecular complexity index is 287. The molecule has 1 rings (SSSR count). The number of hydrogen-bond acceptors (Lipinski definition) is 3. The zero-order chi connectivity index (χ0) is 14.0. The van der Waals surface area contributed by atoms with Crippen molar-refractivity contribution in [3.8, 4) is 0 Å². The maximum absolute atomic E-state index is 11.9. The molecule has 3 N–H and O–H groups in total. The van der Waals surface area contributed by atoms with Gasteiger partial charge in [0.15, 0.2) is 0 Å². The third kappa shape index (κ3) is 4.25. The van der Waals surface area contributed by atoms with E-state index < -0.39 is 5.60 Å². The summed E-state index contributed by atoms with van der Waals surface area (Å²) in [5.41, 5.74) is 5.16. The quantitative estimate of drug-likeness (QED) is 0.781. The standard InChI is InChI=1S/C14H28N2O2/c1-13(2,3)11(7-8-15)5-6-12(17)16-9-14(4,18)10-16/h11,18H,5-10,15H2,1-4H3.